The number of amides is 1. The van der Waals surface area contributed by atoms with E-state index < -0.39 is 0 Å². The summed E-state index contributed by atoms with van der Waals surface area (Å²) >= 11 is 0. The molecule has 0 heterocycles. The first-order valence-corrected chi connectivity index (χ1v) is 6.38. The van der Waals surface area contributed by atoms with Crippen molar-refractivity contribution in [1.82, 2.24) is 4.90 Å². The van der Waals surface area contributed by atoms with Crippen LogP contribution in [0.25, 0.3) is 0 Å². The van der Waals surface area contributed by atoms with Crippen LogP contribution in [0.5, 0.6) is 0 Å². The number of hydrogen-bond acceptors (Lipinski definition) is 3. The average Bonchev–Trinajstić information content (AvgIpc) is 2.43. The number of ether oxygens (including phenoxy) is 1. The summed E-state index contributed by atoms with van der Waals surface area (Å²) in [5.41, 5.74) is 1.84. The molecule has 0 spiro atoms. The average molecular weight is 263 g/mol. The van der Waals surface area contributed by atoms with Gasteiger partial charge >= 0.3 is 5.97 Å². The van der Waals surface area contributed by atoms with Gasteiger partial charge in [-0.25, -0.2) is 0 Å². The second-order valence-corrected chi connectivity index (χ2v) is 4.83. The highest BCUT2D eigenvalue weighted by atomic mass is 16.5. The van der Waals surface area contributed by atoms with Crippen LogP contribution >= 0.6 is 0 Å². The summed E-state index contributed by atoms with van der Waals surface area (Å²) in [5.74, 6) is 0.0511. The Labute approximate surface area is 114 Å². The molecule has 1 rings (SSSR count). The SMILES string of the molecule is COC(=O)CCN(C)C(=O)c1ccc(C(C)C)cc1. The van der Waals surface area contributed by atoms with E-state index in [2.05, 4.69) is 18.6 Å². The number of carbonyl (C=O) groups excluding carboxylic acids is 2. The van der Waals surface area contributed by atoms with Crippen LogP contribution < -0.4 is 0 Å². The zero-order valence-electron chi connectivity index (χ0n) is 12.0. The highest BCUT2D eigenvalue weighted by Crippen LogP contribution is 2.15. The van der Waals surface area contributed by atoms with Gasteiger partial charge in [-0.1, -0.05) is 26.0 Å². The van der Waals surface area contributed by atoms with Crippen LogP contribution in [-0.2, 0) is 9.53 Å². The Bertz CT molecular complexity index is 437. The van der Waals surface area contributed by atoms with Crippen molar-refractivity contribution in [2.75, 3.05) is 20.7 Å². The molecule has 0 unspecified atom stereocenters. The zero-order chi connectivity index (χ0) is 14.4. The van der Waals surface area contributed by atoms with Crippen molar-refractivity contribution in [2.24, 2.45) is 0 Å². The lowest BCUT2D eigenvalue weighted by atomic mass is 10.0. The molecule has 0 aromatic heterocycles. The van der Waals surface area contributed by atoms with Gasteiger partial charge in [-0.05, 0) is 23.6 Å². The third kappa shape index (κ3) is 4.39. The Hall–Kier alpha value is -1.84. The fraction of sp³-hybridized carbons (Fsp3) is 0.467. The minimum atomic E-state index is -0.310. The van der Waals surface area contributed by atoms with Crippen molar-refractivity contribution in [3.05, 3.63) is 35.4 Å². The van der Waals surface area contributed by atoms with Crippen LogP contribution in [-0.4, -0.2) is 37.5 Å². The van der Waals surface area contributed by atoms with Crippen molar-refractivity contribution >= 4 is 11.9 Å². The van der Waals surface area contributed by atoms with Crippen molar-refractivity contribution < 1.29 is 14.3 Å². The molecule has 19 heavy (non-hydrogen) atoms. The molecule has 0 aliphatic rings. The quantitative estimate of drug-likeness (QED) is 0.767. The Balaban J connectivity index is 2.63. The van der Waals surface area contributed by atoms with Gasteiger partial charge in [0.05, 0.1) is 13.5 Å². The van der Waals surface area contributed by atoms with Crippen LogP contribution in [0, 0.1) is 0 Å². The predicted molar refractivity (Wildman–Crippen MR) is 74.1 cm³/mol. The topological polar surface area (TPSA) is 46.6 Å². The predicted octanol–water partition coefficient (Wildman–Crippen LogP) is 2.45. The largest absolute Gasteiger partial charge is 0.469 e. The number of esters is 1. The van der Waals surface area contributed by atoms with Gasteiger partial charge < -0.3 is 9.64 Å². The van der Waals surface area contributed by atoms with E-state index in [1.54, 1.807) is 7.05 Å². The second kappa shape index (κ2) is 6.92. The molecule has 0 atom stereocenters. The van der Waals surface area contributed by atoms with E-state index in [1.807, 2.05) is 24.3 Å². The zero-order valence-corrected chi connectivity index (χ0v) is 12.0. The van der Waals surface area contributed by atoms with E-state index >= 15 is 0 Å². The third-order valence-electron chi connectivity index (χ3n) is 3.05. The van der Waals surface area contributed by atoms with Gasteiger partial charge in [0.15, 0.2) is 0 Å². The molecule has 0 fully saturated rings. The standard InChI is InChI=1S/C15H21NO3/c1-11(2)12-5-7-13(8-6-12)15(18)16(3)10-9-14(17)19-4/h5-8,11H,9-10H2,1-4H3. The van der Waals surface area contributed by atoms with Gasteiger partial charge in [0, 0.05) is 19.2 Å². The van der Waals surface area contributed by atoms with Gasteiger partial charge in [0.1, 0.15) is 0 Å². The van der Waals surface area contributed by atoms with E-state index in [0.717, 1.165) is 0 Å². The highest BCUT2D eigenvalue weighted by Gasteiger charge is 2.13. The Morgan fingerprint density at radius 2 is 1.79 bits per heavy atom. The second-order valence-electron chi connectivity index (χ2n) is 4.83. The molecule has 0 aliphatic carbocycles. The molecule has 0 radical (unpaired) electrons. The smallest absolute Gasteiger partial charge is 0.307 e. The van der Waals surface area contributed by atoms with Crippen molar-refractivity contribution in [1.29, 1.82) is 0 Å². The molecule has 4 heteroatoms. The molecule has 1 aromatic carbocycles. The third-order valence-corrected chi connectivity index (χ3v) is 3.05. The fourth-order valence-corrected chi connectivity index (χ4v) is 1.69. The maximum Gasteiger partial charge on any atom is 0.307 e. The molecule has 1 aromatic rings. The van der Waals surface area contributed by atoms with E-state index in [0.29, 0.717) is 18.0 Å². The van der Waals surface area contributed by atoms with Gasteiger partial charge in [-0.3, -0.25) is 9.59 Å². The summed E-state index contributed by atoms with van der Waals surface area (Å²) in [6, 6.07) is 7.58. The van der Waals surface area contributed by atoms with E-state index in [4.69, 9.17) is 0 Å². The molecule has 0 bridgehead atoms. The highest BCUT2D eigenvalue weighted by molar-refractivity contribution is 5.94. The number of rotatable bonds is 5. The lowest BCUT2D eigenvalue weighted by molar-refractivity contribution is -0.140. The molecule has 104 valence electrons. The number of carbonyl (C=O) groups is 2. The molecule has 1 amide bonds. The Kier molecular flexibility index (Phi) is 5.55. The minimum Gasteiger partial charge on any atom is -0.469 e. The minimum absolute atomic E-state index is 0.0841. The lowest BCUT2D eigenvalue weighted by Gasteiger charge is -2.17. The van der Waals surface area contributed by atoms with Crippen molar-refractivity contribution in [3.63, 3.8) is 0 Å². The van der Waals surface area contributed by atoms with Crippen LogP contribution in [0.15, 0.2) is 24.3 Å². The molecular weight excluding hydrogens is 242 g/mol. The first-order valence-electron chi connectivity index (χ1n) is 6.38. The summed E-state index contributed by atoms with van der Waals surface area (Å²) < 4.78 is 4.55. The Morgan fingerprint density at radius 1 is 1.21 bits per heavy atom. The monoisotopic (exact) mass is 263 g/mol. The summed E-state index contributed by atoms with van der Waals surface area (Å²) in [6.45, 7) is 4.58. The van der Waals surface area contributed by atoms with Gasteiger partial charge in [0.2, 0.25) is 0 Å². The molecule has 4 nitrogen and oxygen atoms in total. The summed E-state index contributed by atoms with van der Waals surface area (Å²) in [7, 11) is 3.02. The van der Waals surface area contributed by atoms with Gasteiger partial charge in [0.25, 0.3) is 5.91 Å². The van der Waals surface area contributed by atoms with E-state index in [1.165, 1.54) is 17.6 Å². The lowest BCUT2D eigenvalue weighted by Crippen LogP contribution is -2.29. The number of hydrogen-bond donors (Lipinski definition) is 0. The van der Waals surface area contributed by atoms with Crippen LogP contribution in [0.3, 0.4) is 0 Å². The fourth-order valence-electron chi connectivity index (χ4n) is 1.69. The molecule has 0 saturated heterocycles. The maximum absolute atomic E-state index is 12.1. The van der Waals surface area contributed by atoms with Crippen LogP contribution in [0.4, 0.5) is 0 Å². The number of nitrogens with zero attached hydrogens (tertiary/aromatic N) is 1. The van der Waals surface area contributed by atoms with Crippen LogP contribution in [0.1, 0.15) is 42.1 Å². The van der Waals surface area contributed by atoms with Crippen molar-refractivity contribution in [2.45, 2.75) is 26.2 Å². The molecule has 0 aliphatic heterocycles. The van der Waals surface area contributed by atoms with Crippen molar-refractivity contribution in [3.8, 4) is 0 Å². The van der Waals surface area contributed by atoms with E-state index in [-0.39, 0.29) is 18.3 Å². The Morgan fingerprint density at radius 3 is 2.26 bits per heavy atom. The summed E-state index contributed by atoms with van der Waals surface area (Å²) in [6.07, 6.45) is 0.211. The summed E-state index contributed by atoms with van der Waals surface area (Å²) in [4.78, 5) is 24.7. The molecular formula is C15H21NO3. The van der Waals surface area contributed by atoms with Crippen LogP contribution in [0.2, 0.25) is 0 Å². The first kappa shape index (κ1) is 15.2. The van der Waals surface area contributed by atoms with E-state index in [9.17, 15) is 9.59 Å². The first-order chi connectivity index (χ1) is 8.95. The molecule has 0 saturated carbocycles. The van der Waals surface area contributed by atoms with Gasteiger partial charge in [-0.15, -0.1) is 0 Å². The normalized spacial score (nSPS) is 10.4. The maximum atomic E-state index is 12.1. The number of benzene rings is 1. The number of methoxy groups -OCH3 is 1. The summed E-state index contributed by atoms with van der Waals surface area (Å²) in [5, 5.41) is 0. The molecule has 0 N–H and O–H groups in total. The van der Waals surface area contributed by atoms with Gasteiger partial charge in [-0.2, -0.15) is 0 Å².